The van der Waals surface area contributed by atoms with E-state index in [1.165, 1.54) is 6.07 Å². The van der Waals surface area contributed by atoms with Crippen LogP contribution >= 0.6 is 12.4 Å². The van der Waals surface area contributed by atoms with Crippen molar-refractivity contribution in [2.24, 2.45) is 0 Å². The number of hydrogen-bond acceptors (Lipinski definition) is 2. The summed E-state index contributed by atoms with van der Waals surface area (Å²) in [7, 11) is 0. The van der Waals surface area contributed by atoms with Gasteiger partial charge in [-0.15, -0.1) is 12.4 Å². The molecule has 1 aromatic heterocycles. The third kappa shape index (κ3) is 1.03. The Labute approximate surface area is 70.0 Å². The molecule has 0 aromatic carbocycles. The Balaban J connectivity index is 0.000000605. The number of nitrogen functional groups attached to an aromatic ring is 1. The second-order valence-corrected chi connectivity index (χ2v) is 2.51. The predicted molar refractivity (Wildman–Crippen MR) is 45.0 cm³/mol. The summed E-state index contributed by atoms with van der Waals surface area (Å²) in [5, 5.41) is 0. The second-order valence-electron chi connectivity index (χ2n) is 2.51. The number of anilines is 1. The van der Waals surface area contributed by atoms with Crippen molar-refractivity contribution < 1.29 is 0 Å². The van der Waals surface area contributed by atoms with Gasteiger partial charge < -0.3 is 5.73 Å². The number of nitrogens with two attached hydrogens (primary N) is 1. The first-order chi connectivity index (χ1) is 4.79. The van der Waals surface area contributed by atoms with Crippen LogP contribution in [-0.4, -0.2) is 9.36 Å². The van der Waals surface area contributed by atoms with Gasteiger partial charge >= 0.3 is 0 Å². The molecule has 0 unspecified atom stereocenters. The van der Waals surface area contributed by atoms with Crippen molar-refractivity contribution in [3.05, 3.63) is 16.4 Å². The molecule has 5 heteroatoms. The monoisotopic (exact) mass is 175 g/mol. The topological polar surface area (TPSA) is 53.0 Å². The van der Waals surface area contributed by atoms with E-state index in [4.69, 9.17) is 5.73 Å². The van der Waals surface area contributed by atoms with Gasteiger partial charge in [-0.2, -0.15) is 0 Å². The highest BCUT2D eigenvalue weighted by molar-refractivity contribution is 5.85. The molecule has 0 saturated carbocycles. The summed E-state index contributed by atoms with van der Waals surface area (Å²) in [6.45, 7) is 1.70. The number of fused-ring (bicyclic) bond motifs is 1. The fraction of sp³-hybridized carbons (Fsp3) is 0.500. The molecule has 0 atom stereocenters. The lowest BCUT2D eigenvalue weighted by Gasteiger charge is -1.98. The zero-order valence-electron chi connectivity index (χ0n) is 5.99. The van der Waals surface area contributed by atoms with Gasteiger partial charge in [-0.1, -0.05) is 0 Å². The van der Waals surface area contributed by atoms with Crippen molar-refractivity contribution in [2.75, 3.05) is 5.73 Å². The van der Waals surface area contributed by atoms with Crippen LogP contribution in [0.5, 0.6) is 0 Å². The van der Waals surface area contributed by atoms with Crippen molar-refractivity contribution in [3.8, 4) is 0 Å². The van der Waals surface area contributed by atoms with Gasteiger partial charge in [-0.3, -0.25) is 9.48 Å². The van der Waals surface area contributed by atoms with Crippen LogP contribution in [0.25, 0.3) is 0 Å². The fourth-order valence-corrected chi connectivity index (χ4v) is 1.38. The van der Waals surface area contributed by atoms with E-state index in [0.717, 1.165) is 19.5 Å². The summed E-state index contributed by atoms with van der Waals surface area (Å²) in [4.78, 5) is 11.0. The van der Waals surface area contributed by atoms with Gasteiger partial charge in [0, 0.05) is 19.2 Å². The Morgan fingerprint density at radius 1 is 1.36 bits per heavy atom. The average Bonchev–Trinajstić information content (AvgIpc) is 2.39. The van der Waals surface area contributed by atoms with E-state index >= 15 is 0 Å². The molecule has 0 radical (unpaired) electrons. The highest BCUT2D eigenvalue weighted by Gasteiger charge is 2.13. The number of rotatable bonds is 0. The van der Waals surface area contributed by atoms with Crippen LogP contribution in [0.1, 0.15) is 6.42 Å². The van der Waals surface area contributed by atoms with E-state index in [-0.39, 0.29) is 18.0 Å². The van der Waals surface area contributed by atoms with Gasteiger partial charge in [0.1, 0.15) is 5.82 Å². The minimum absolute atomic E-state index is 0. The molecule has 0 spiro atoms. The highest BCUT2D eigenvalue weighted by atomic mass is 35.5. The molecular weight excluding hydrogens is 166 g/mol. The first kappa shape index (κ1) is 8.20. The molecule has 1 aromatic rings. The lowest BCUT2D eigenvalue weighted by Crippen LogP contribution is -2.15. The zero-order valence-corrected chi connectivity index (χ0v) is 6.80. The summed E-state index contributed by atoms with van der Waals surface area (Å²) >= 11 is 0. The SMILES string of the molecule is Cl.Nc1cc(=O)n2n1CCC2. The first-order valence-electron chi connectivity index (χ1n) is 3.35. The van der Waals surface area contributed by atoms with E-state index in [2.05, 4.69) is 0 Å². The number of halogens is 1. The Kier molecular flexibility index (Phi) is 1.95. The molecule has 1 aliphatic heterocycles. The summed E-state index contributed by atoms with van der Waals surface area (Å²) < 4.78 is 3.50. The van der Waals surface area contributed by atoms with Crippen molar-refractivity contribution in [2.45, 2.75) is 19.5 Å². The van der Waals surface area contributed by atoms with Gasteiger partial charge in [-0.05, 0) is 6.42 Å². The molecule has 2 rings (SSSR count). The van der Waals surface area contributed by atoms with Crippen molar-refractivity contribution in [1.29, 1.82) is 0 Å². The molecule has 2 heterocycles. The molecule has 0 bridgehead atoms. The quantitative estimate of drug-likeness (QED) is 0.606. The van der Waals surface area contributed by atoms with Gasteiger partial charge in [0.2, 0.25) is 0 Å². The molecular formula is C6H10ClN3O. The standard InChI is InChI=1S/C6H9N3O.ClH/c7-5-4-6(10)9-3-1-2-8(5)9;/h4H,1-3,7H2;1H. The van der Waals surface area contributed by atoms with Crippen LogP contribution in [0.3, 0.4) is 0 Å². The fourth-order valence-electron chi connectivity index (χ4n) is 1.38. The van der Waals surface area contributed by atoms with Crippen molar-refractivity contribution >= 4 is 18.2 Å². The van der Waals surface area contributed by atoms with Gasteiger partial charge in [0.15, 0.2) is 0 Å². The minimum atomic E-state index is 0. The molecule has 0 fully saturated rings. The normalized spacial score (nSPS) is 14.2. The van der Waals surface area contributed by atoms with Crippen molar-refractivity contribution in [1.82, 2.24) is 9.36 Å². The predicted octanol–water partition coefficient (Wildman–Crippen LogP) is 0.0575. The average molecular weight is 176 g/mol. The van der Waals surface area contributed by atoms with Crippen molar-refractivity contribution in [3.63, 3.8) is 0 Å². The Morgan fingerprint density at radius 2 is 2.00 bits per heavy atom. The third-order valence-electron chi connectivity index (χ3n) is 1.86. The zero-order chi connectivity index (χ0) is 7.14. The van der Waals surface area contributed by atoms with E-state index in [1.807, 2.05) is 4.68 Å². The molecule has 0 aliphatic carbocycles. The Hall–Kier alpha value is -0.900. The maximum atomic E-state index is 11.0. The Bertz CT molecular complexity index is 314. The minimum Gasteiger partial charge on any atom is -0.384 e. The molecule has 0 saturated heterocycles. The van der Waals surface area contributed by atoms with E-state index in [0.29, 0.717) is 5.82 Å². The van der Waals surface area contributed by atoms with Crippen LogP contribution in [0.2, 0.25) is 0 Å². The van der Waals surface area contributed by atoms with E-state index in [1.54, 1.807) is 4.68 Å². The molecule has 11 heavy (non-hydrogen) atoms. The molecule has 1 aliphatic rings. The summed E-state index contributed by atoms with van der Waals surface area (Å²) in [5.74, 6) is 0.586. The highest BCUT2D eigenvalue weighted by Crippen LogP contribution is 2.08. The van der Waals surface area contributed by atoms with Crippen LogP contribution in [0.15, 0.2) is 10.9 Å². The maximum Gasteiger partial charge on any atom is 0.268 e. The number of aromatic nitrogens is 2. The summed E-state index contributed by atoms with van der Waals surface area (Å²) in [6.07, 6.45) is 1.03. The smallest absolute Gasteiger partial charge is 0.268 e. The van der Waals surface area contributed by atoms with Gasteiger partial charge in [-0.25, -0.2) is 4.68 Å². The largest absolute Gasteiger partial charge is 0.384 e. The van der Waals surface area contributed by atoms with Crippen LogP contribution in [-0.2, 0) is 13.1 Å². The molecule has 4 nitrogen and oxygen atoms in total. The van der Waals surface area contributed by atoms with Crippen LogP contribution < -0.4 is 11.3 Å². The summed E-state index contributed by atoms with van der Waals surface area (Å²) in [5.41, 5.74) is 5.56. The van der Waals surface area contributed by atoms with Crippen LogP contribution in [0.4, 0.5) is 5.82 Å². The summed E-state index contributed by atoms with van der Waals surface area (Å²) in [6, 6.07) is 1.47. The van der Waals surface area contributed by atoms with E-state index < -0.39 is 0 Å². The first-order valence-corrected chi connectivity index (χ1v) is 3.35. The molecule has 0 amide bonds. The second kappa shape index (κ2) is 2.62. The maximum absolute atomic E-state index is 11.0. The third-order valence-corrected chi connectivity index (χ3v) is 1.86. The molecule has 62 valence electrons. The Morgan fingerprint density at radius 3 is 2.64 bits per heavy atom. The molecule has 2 N–H and O–H groups in total. The lowest BCUT2D eigenvalue weighted by atomic mass is 10.4. The number of nitrogens with zero attached hydrogens (tertiary/aromatic N) is 2. The lowest BCUT2D eigenvalue weighted by molar-refractivity contribution is 0.601. The van der Waals surface area contributed by atoms with E-state index in [9.17, 15) is 4.79 Å². The number of hydrogen-bond donors (Lipinski definition) is 1. The van der Waals surface area contributed by atoms with Gasteiger partial charge in [0.05, 0.1) is 0 Å². The van der Waals surface area contributed by atoms with Crippen LogP contribution in [0, 0.1) is 0 Å². The van der Waals surface area contributed by atoms with Gasteiger partial charge in [0.25, 0.3) is 5.56 Å².